The number of ether oxygens (including phenoxy) is 2. The van der Waals surface area contributed by atoms with Crippen LogP contribution in [0, 0.1) is 3.57 Å². The summed E-state index contributed by atoms with van der Waals surface area (Å²) in [6.07, 6.45) is 0. The molecule has 10 heteroatoms. The molecule has 2 aromatic rings. The second-order valence-electron chi connectivity index (χ2n) is 8.03. The number of rotatable bonds is 3. The molecule has 0 saturated heterocycles. The van der Waals surface area contributed by atoms with Crippen molar-refractivity contribution in [3.05, 3.63) is 77.3 Å². The number of methoxy groups -OCH3 is 2. The molecule has 2 aliphatic heterocycles. The number of fused-ring (bicyclic) bond motifs is 1. The Morgan fingerprint density at radius 1 is 0.914 bits per heavy atom. The van der Waals surface area contributed by atoms with Gasteiger partial charge in [0.05, 0.1) is 40.1 Å². The predicted molar refractivity (Wildman–Crippen MR) is 152 cm³/mol. The van der Waals surface area contributed by atoms with E-state index >= 15 is 0 Å². The van der Waals surface area contributed by atoms with Gasteiger partial charge in [0, 0.05) is 14.7 Å². The molecule has 0 bridgehead atoms. The second kappa shape index (κ2) is 10.1. The van der Waals surface area contributed by atoms with E-state index < -0.39 is 17.5 Å². The van der Waals surface area contributed by atoms with Crippen LogP contribution in [0.1, 0.15) is 29.8 Å². The summed E-state index contributed by atoms with van der Waals surface area (Å²) in [5.41, 5.74) is 1.87. The summed E-state index contributed by atoms with van der Waals surface area (Å²) in [4.78, 5) is 41.3. The molecule has 1 amide bonds. The molecule has 0 aliphatic carbocycles. The minimum Gasteiger partial charge on any atom is -0.465 e. The van der Waals surface area contributed by atoms with Gasteiger partial charge >= 0.3 is 11.9 Å². The molecule has 6 nitrogen and oxygen atoms in total. The Morgan fingerprint density at radius 3 is 2.03 bits per heavy atom. The first kappa shape index (κ1) is 25.9. The van der Waals surface area contributed by atoms with Crippen LogP contribution in [0.15, 0.2) is 62.6 Å². The van der Waals surface area contributed by atoms with Gasteiger partial charge in [-0.1, -0.05) is 66.1 Å². The molecule has 0 atom stereocenters. The van der Waals surface area contributed by atoms with E-state index in [0.717, 1.165) is 32.7 Å². The molecule has 0 aromatic heterocycles. The van der Waals surface area contributed by atoms with Crippen molar-refractivity contribution in [1.82, 2.24) is 0 Å². The van der Waals surface area contributed by atoms with Gasteiger partial charge in [-0.3, -0.25) is 9.69 Å². The summed E-state index contributed by atoms with van der Waals surface area (Å²) >= 11 is 10.4. The number of anilines is 1. The number of hydrogen-bond donors (Lipinski definition) is 0. The molecule has 0 saturated carbocycles. The number of para-hydroxylation sites is 1. The zero-order chi connectivity index (χ0) is 25.5. The average molecular weight is 638 g/mol. The summed E-state index contributed by atoms with van der Waals surface area (Å²) in [6.45, 7) is 3.80. The molecular weight excluding hydrogens is 617 g/mol. The van der Waals surface area contributed by atoms with Gasteiger partial charge in [0.25, 0.3) is 5.91 Å². The molecule has 0 fully saturated rings. The molecule has 180 valence electrons. The minimum atomic E-state index is -0.872. The lowest BCUT2D eigenvalue weighted by atomic mass is 9.83. The van der Waals surface area contributed by atoms with Gasteiger partial charge in [-0.2, -0.15) is 0 Å². The highest BCUT2D eigenvalue weighted by molar-refractivity contribution is 14.1. The Bertz CT molecular complexity index is 1320. The van der Waals surface area contributed by atoms with Crippen molar-refractivity contribution in [2.45, 2.75) is 19.4 Å². The maximum Gasteiger partial charge on any atom is 0.346 e. The van der Waals surface area contributed by atoms with E-state index in [9.17, 15) is 14.4 Å². The predicted octanol–water partition coefficient (Wildman–Crippen LogP) is 5.81. The SMILES string of the molecule is COC(=O)C1=C(C(=O)OC)SC(=C2C(=S)C(C)(C)N(C(=O)c3ccccc3I)c3ccccc32)S1. The summed E-state index contributed by atoms with van der Waals surface area (Å²) < 4.78 is 11.3. The minimum absolute atomic E-state index is 0.155. The Kier molecular flexibility index (Phi) is 7.46. The number of benzene rings is 2. The lowest BCUT2D eigenvalue weighted by molar-refractivity contribution is -0.138. The van der Waals surface area contributed by atoms with E-state index in [1.54, 1.807) is 11.0 Å². The summed E-state index contributed by atoms with van der Waals surface area (Å²) in [6, 6.07) is 14.9. The number of amides is 1. The van der Waals surface area contributed by atoms with Crippen LogP contribution in [0.5, 0.6) is 0 Å². The van der Waals surface area contributed by atoms with Gasteiger partial charge in [0.2, 0.25) is 0 Å². The fraction of sp³-hybridized carbons (Fsp3) is 0.200. The number of esters is 2. The maximum atomic E-state index is 13.8. The van der Waals surface area contributed by atoms with Gasteiger partial charge in [-0.15, -0.1) is 0 Å². The van der Waals surface area contributed by atoms with Gasteiger partial charge in [0.15, 0.2) is 0 Å². The first-order valence-corrected chi connectivity index (χ1v) is 13.5. The molecule has 0 N–H and O–H groups in total. The molecule has 2 aliphatic rings. The van der Waals surface area contributed by atoms with E-state index in [1.807, 2.05) is 56.3 Å². The second-order valence-corrected chi connectivity index (χ2v) is 11.9. The first-order valence-electron chi connectivity index (χ1n) is 10.4. The average Bonchev–Trinajstić information content (AvgIpc) is 3.28. The quantitative estimate of drug-likeness (QED) is 0.181. The van der Waals surface area contributed by atoms with E-state index in [-0.39, 0.29) is 15.7 Å². The Morgan fingerprint density at radius 2 is 1.46 bits per heavy atom. The molecule has 2 aromatic carbocycles. The molecule has 4 rings (SSSR count). The van der Waals surface area contributed by atoms with Gasteiger partial charge < -0.3 is 9.47 Å². The van der Waals surface area contributed by atoms with Crippen molar-refractivity contribution in [1.29, 1.82) is 0 Å². The summed E-state index contributed by atoms with van der Waals surface area (Å²) in [7, 11) is 2.53. The first-order chi connectivity index (χ1) is 16.6. The van der Waals surface area contributed by atoms with E-state index in [0.29, 0.717) is 25.9 Å². The van der Waals surface area contributed by atoms with Crippen LogP contribution in [0.2, 0.25) is 0 Å². The fourth-order valence-corrected chi connectivity index (χ4v) is 7.54. The molecular formula is C25H20INO5S3. The zero-order valence-electron chi connectivity index (χ0n) is 19.2. The standard InChI is InChI=1S/C25H20INO5S3/c1-25(2)20(33)17(24-34-18(22(29)31-3)19(35-24)23(30)32-4)14-10-6-8-12-16(14)27(25)21(28)13-9-5-7-11-15(13)26/h5-12H,1-4H3. The van der Waals surface area contributed by atoms with Crippen molar-refractivity contribution >= 4 is 92.3 Å². The molecule has 35 heavy (non-hydrogen) atoms. The highest BCUT2D eigenvalue weighted by atomic mass is 127. The summed E-state index contributed by atoms with van der Waals surface area (Å²) in [5, 5.41) is 0. The molecule has 2 heterocycles. The Labute approximate surface area is 230 Å². The molecule has 0 radical (unpaired) electrons. The van der Waals surface area contributed by atoms with Crippen molar-refractivity contribution in [2.75, 3.05) is 19.1 Å². The number of halogens is 1. The topological polar surface area (TPSA) is 72.9 Å². The number of nitrogens with zero attached hydrogens (tertiary/aromatic N) is 1. The lowest BCUT2D eigenvalue weighted by Gasteiger charge is -2.45. The van der Waals surface area contributed by atoms with E-state index in [4.69, 9.17) is 21.7 Å². The summed E-state index contributed by atoms with van der Waals surface area (Å²) in [5.74, 6) is -1.40. The fourth-order valence-electron chi connectivity index (χ4n) is 3.89. The Hall–Kier alpha value is -2.15. The molecule has 0 unspecified atom stereocenters. The van der Waals surface area contributed by atoms with Crippen LogP contribution in [0.4, 0.5) is 5.69 Å². The van der Waals surface area contributed by atoms with Gasteiger partial charge in [-0.25, -0.2) is 9.59 Å². The van der Waals surface area contributed by atoms with Crippen LogP contribution in [0.3, 0.4) is 0 Å². The van der Waals surface area contributed by atoms with Crippen LogP contribution < -0.4 is 4.90 Å². The van der Waals surface area contributed by atoms with Crippen LogP contribution in [-0.4, -0.2) is 42.5 Å². The number of carbonyl (C=O) groups is 3. The monoisotopic (exact) mass is 637 g/mol. The van der Waals surface area contributed by atoms with Crippen molar-refractivity contribution in [2.24, 2.45) is 0 Å². The van der Waals surface area contributed by atoms with Crippen LogP contribution in [-0.2, 0) is 19.1 Å². The highest BCUT2D eigenvalue weighted by Crippen LogP contribution is 2.56. The smallest absolute Gasteiger partial charge is 0.346 e. The highest BCUT2D eigenvalue weighted by Gasteiger charge is 2.46. The largest absolute Gasteiger partial charge is 0.465 e. The number of thiocarbonyl (C=S) groups is 1. The van der Waals surface area contributed by atoms with E-state index in [1.165, 1.54) is 14.2 Å². The third-order valence-electron chi connectivity index (χ3n) is 5.60. The van der Waals surface area contributed by atoms with Crippen molar-refractivity contribution < 1.29 is 23.9 Å². The molecule has 0 spiro atoms. The lowest BCUT2D eigenvalue weighted by Crippen LogP contribution is -2.56. The van der Waals surface area contributed by atoms with Crippen molar-refractivity contribution in [3.63, 3.8) is 0 Å². The number of hydrogen-bond acceptors (Lipinski definition) is 8. The van der Waals surface area contributed by atoms with E-state index in [2.05, 4.69) is 22.6 Å². The number of thioether (sulfide) groups is 2. The normalized spacial score (nSPS) is 16.8. The zero-order valence-corrected chi connectivity index (χ0v) is 23.8. The van der Waals surface area contributed by atoms with Crippen LogP contribution >= 0.6 is 58.3 Å². The third-order valence-corrected chi connectivity index (χ3v) is 9.81. The third kappa shape index (κ3) is 4.45. The number of carbonyl (C=O) groups excluding carboxylic acids is 3. The van der Waals surface area contributed by atoms with Crippen LogP contribution in [0.25, 0.3) is 5.57 Å². The Balaban J connectivity index is 1.90. The maximum absolute atomic E-state index is 13.8. The van der Waals surface area contributed by atoms with Crippen molar-refractivity contribution in [3.8, 4) is 0 Å². The van der Waals surface area contributed by atoms with Gasteiger partial charge in [-0.05, 0) is 54.6 Å². The van der Waals surface area contributed by atoms with Gasteiger partial charge in [0.1, 0.15) is 9.81 Å².